The van der Waals surface area contributed by atoms with Gasteiger partial charge in [0.2, 0.25) is 0 Å². The first kappa shape index (κ1) is 26.2. The zero-order valence-electron chi connectivity index (χ0n) is 20.6. The molecule has 0 bridgehead atoms. The fourth-order valence-electron chi connectivity index (χ4n) is 4.70. The summed E-state index contributed by atoms with van der Waals surface area (Å²) in [6.45, 7) is 0.331. The van der Waals surface area contributed by atoms with Crippen LogP contribution in [0.1, 0.15) is 34.2 Å². The van der Waals surface area contributed by atoms with Crippen molar-refractivity contribution in [1.29, 1.82) is 0 Å². The van der Waals surface area contributed by atoms with Gasteiger partial charge in [-0.3, -0.25) is 14.7 Å². The second kappa shape index (κ2) is 9.85. The van der Waals surface area contributed by atoms with Crippen LogP contribution >= 0.6 is 11.6 Å². The average molecular weight is 584 g/mol. The molecule has 1 aliphatic heterocycles. The minimum absolute atomic E-state index is 0.0412. The quantitative estimate of drug-likeness (QED) is 0.302. The second-order valence-electron chi connectivity index (χ2n) is 8.97. The number of carbonyl (C=O) groups is 2. The number of hydrogen-bond acceptors (Lipinski definition) is 7. The highest BCUT2D eigenvalue weighted by molar-refractivity contribution is 6.32. The van der Waals surface area contributed by atoms with Gasteiger partial charge in [-0.1, -0.05) is 23.7 Å². The van der Waals surface area contributed by atoms with E-state index in [9.17, 15) is 27.9 Å². The minimum Gasteiger partial charge on any atom is -0.465 e. The number of pyridine rings is 2. The van der Waals surface area contributed by atoms with Crippen LogP contribution in [0.15, 0.2) is 61.3 Å². The van der Waals surface area contributed by atoms with Gasteiger partial charge in [0.1, 0.15) is 0 Å². The highest BCUT2D eigenvalue weighted by Crippen LogP contribution is 2.39. The van der Waals surface area contributed by atoms with Gasteiger partial charge in [-0.05, 0) is 24.6 Å². The first-order chi connectivity index (χ1) is 19.6. The van der Waals surface area contributed by atoms with Crippen molar-refractivity contribution in [3.05, 3.63) is 83.3 Å². The van der Waals surface area contributed by atoms with E-state index in [0.717, 1.165) is 11.0 Å². The summed E-state index contributed by atoms with van der Waals surface area (Å²) in [4.78, 5) is 35.4. The zero-order chi connectivity index (χ0) is 28.9. The molecule has 41 heavy (non-hydrogen) atoms. The van der Waals surface area contributed by atoms with Crippen LogP contribution in [-0.2, 0) is 6.18 Å². The highest BCUT2D eigenvalue weighted by atomic mass is 35.5. The Bertz CT molecular complexity index is 1810. The normalized spacial score (nSPS) is 15.1. The molecule has 1 fully saturated rings. The number of aromatic nitrogens is 7. The van der Waals surface area contributed by atoms with Crippen molar-refractivity contribution in [2.24, 2.45) is 0 Å². The first-order valence-corrected chi connectivity index (χ1v) is 12.4. The van der Waals surface area contributed by atoms with Gasteiger partial charge in [-0.15, -0.1) is 4.80 Å². The van der Waals surface area contributed by atoms with E-state index >= 15 is 0 Å². The summed E-state index contributed by atoms with van der Waals surface area (Å²) in [7, 11) is 0. The number of amides is 2. The Labute approximate surface area is 233 Å². The number of nitrogens with one attached hydrogen (secondary N) is 1. The molecule has 1 atom stereocenters. The Morgan fingerprint density at radius 3 is 2.46 bits per heavy atom. The van der Waals surface area contributed by atoms with Gasteiger partial charge in [0.05, 0.1) is 58.5 Å². The number of likely N-dealkylation sites (tertiary alicyclic amines) is 1. The minimum atomic E-state index is -4.97. The second-order valence-corrected chi connectivity index (χ2v) is 9.37. The number of carboxylic acid groups (broad SMARTS) is 1. The SMILES string of the molecule is O=C(Nc1cnc(-n2nccn2)c(Cl)c1)c1cnn(-c2cccc3c(C4CCN4C(=O)O)nccc23)c1C(F)(F)F. The summed E-state index contributed by atoms with van der Waals surface area (Å²) < 4.78 is 44.0. The first-order valence-electron chi connectivity index (χ1n) is 12.0. The third kappa shape index (κ3) is 4.59. The Kier molecular flexibility index (Phi) is 6.29. The summed E-state index contributed by atoms with van der Waals surface area (Å²) in [5, 5.41) is 24.5. The fraction of sp³-hybridized carbons (Fsp3) is 0.160. The van der Waals surface area contributed by atoms with E-state index in [-0.39, 0.29) is 22.2 Å². The molecule has 4 aromatic heterocycles. The predicted octanol–water partition coefficient (Wildman–Crippen LogP) is 4.75. The Hall–Kier alpha value is -5.05. The van der Waals surface area contributed by atoms with Gasteiger partial charge in [0, 0.05) is 23.5 Å². The fourth-order valence-corrected chi connectivity index (χ4v) is 4.95. The van der Waals surface area contributed by atoms with Crippen LogP contribution in [0.2, 0.25) is 5.02 Å². The lowest BCUT2D eigenvalue weighted by molar-refractivity contribution is -0.143. The number of fused-ring (bicyclic) bond motifs is 1. The number of rotatable bonds is 5. The van der Waals surface area contributed by atoms with E-state index in [0.29, 0.717) is 34.1 Å². The molecule has 5 aromatic rings. The maximum Gasteiger partial charge on any atom is 0.434 e. The van der Waals surface area contributed by atoms with Crippen molar-refractivity contribution in [3.8, 4) is 11.5 Å². The summed E-state index contributed by atoms with van der Waals surface area (Å²) in [6, 6.07) is 6.91. The Morgan fingerprint density at radius 2 is 1.80 bits per heavy atom. The van der Waals surface area contributed by atoms with Crippen LogP contribution in [-0.4, -0.2) is 63.3 Å². The van der Waals surface area contributed by atoms with E-state index in [4.69, 9.17) is 11.6 Å². The molecule has 0 radical (unpaired) electrons. The molecule has 1 saturated heterocycles. The van der Waals surface area contributed by atoms with Gasteiger partial charge in [0.15, 0.2) is 11.5 Å². The van der Waals surface area contributed by atoms with Crippen LogP contribution in [0, 0.1) is 0 Å². The third-order valence-corrected chi connectivity index (χ3v) is 6.87. The molecule has 6 rings (SSSR count). The van der Waals surface area contributed by atoms with Crippen molar-refractivity contribution in [2.45, 2.75) is 18.6 Å². The zero-order valence-corrected chi connectivity index (χ0v) is 21.4. The molecule has 1 aliphatic rings. The molecule has 2 N–H and O–H groups in total. The smallest absolute Gasteiger partial charge is 0.434 e. The van der Waals surface area contributed by atoms with E-state index in [2.05, 4.69) is 30.6 Å². The van der Waals surface area contributed by atoms with Gasteiger partial charge < -0.3 is 10.4 Å². The van der Waals surface area contributed by atoms with Crippen LogP contribution in [0.5, 0.6) is 0 Å². The topological polar surface area (TPSA) is 144 Å². The maximum atomic E-state index is 14.4. The summed E-state index contributed by atoms with van der Waals surface area (Å²) in [6.07, 6.45) is 0.714. The number of nitrogens with zero attached hydrogens (tertiary/aromatic N) is 8. The molecular weight excluding hydrogens is 567 g/mol. The van der Waals surface area contributed by atoms with Gasteiger partial charge >= 0.3 is 12.3 Å². The molecule has 1 aromatic carbocycles. The molecule has 208 valence electrons. The molecule has 12 nitrogen and oxygen atoms in total. The largest absolute Gasteiger partial charge is 0.465 e. The summed E-state index contributed by atoms with van der Waals surface area (Å²) in [5.41, 5.74) is -1.52. The molecule has 0 spiro atoms. The molecule has 16 heteroatoms. The van der Waals surface area contributed by atoms with Crippen LogP contribution in [0.3, 0.4) is 0 Å². The van der Waals surface area contributed by atoms with Crippen LogP contribution in [0.4, 0.5) is 23.7 Å². The Morgan fingerprint density at radius 1 is 1.02 bits per heavy atom. The maximum absolute atomic E-state index is 14.4. The van der Waals surface area contributed by atoms with E-state index in [1.54, 1.807) is 6.07 Å². The van der Waals surface area contributed by atoms with E-state index < -0.39 is 35.5 Å². The van der Waals surface area contributed by atoms with E-state index in [1.807, 2.05) is 0 Å². The van der Waals surface area contributed by atoms with Crippen molar-refractivity contribution in [3.63, 3.8) is 0 Å². The van der Waals surface area contributed by atoms with Gasteiger partial charge in [-0.25, -0.2) is 14.5 Å². The summed E-state index contributed by atoms with van der Waals surface area (Å²) >= 11 is 6.22. The molecule has 2 amide bonds. The standard InChI is InChI=1S/C25H17ClF3N9O3/c26-17-10-13(11-31-22(17)38-32-7-8-33-38)35-23(39)16-12-34-37(21(16)25(27,28)29)18-3-1-2-15-14(18)4-6-30-20(15)19-5-9-36(19)24(40)41/h1-4,6-8,10-12,19H,5,9H2,(H,35,39)(H,40,41). The monoisotopic (exact) mass is 583 g/mol. The molecule has 0 saturated carbocycles. The number of carbonyl (C=O) groups excluding carboxylic acids is 1. The third-order valence-electron chi connectivity index (χ3n) is 6.59. The van der Waals surface area contributed by atoms with Crippen molar-refractivity contribution in [2.75, 3.05) is 11.9 Å². The molecule has 5 heterocycles. The highest BCUT2D eigenvalue weighted by Gasteiger charge is 2.41. The number of anilines is 1. The van der Waals surface area contributed by atoms with Crippen LogP contribution in [0.25, 0.3) is 22.3 Å². The van der Waals surface area contributed by atoms with Crippen molar-refractivity contribution < 1.29 is 27.9 Å². The lowest BCUT2D eigenvalue weighted by Gasteiger charge is -2.38. The number of hydrogen-bond donors (Lipinski definition) is 2. The predicted molar refractivity (Wildman–Crippen MR) is 138 cm³/mol. The van der Waals surface area contributed by atoms with Crippen molar-refractivity contribution >= 4 is 40.1 Å². The number of alkyl halides is 3. The number of halogens is 4. The lowest BCUT2D eigenvalue weighted by atomic mass is 9.95. The molecule has 1 unspecified atom stereocenters. The van der Waals surface area contributed by atoms with Gasteiger partial charge in [-0.2, -0.15) is 28.5 Å². The average Bonchev–Trinajstić information content (AvgIpc) is 3.58. The lowest BCUT2D eigenvalue weighted by Crippen LogP contribution is -2.44. The summed E-state index contributed by atoms with van der Waals surface area (Å²) in [5.74, 6) is -0.919. The van der Waals surface area contributed by atoms with Crippen LogP contribution < -0.4 is 5.32 Å². The van der Waals surface area contributed by atoms with Crippen molar-refractivity contribution in [1.82, 2.24) is 39.6 Å². The molecular formula is C25H17ClF3N9O3. The van der Waals surface area contributed by atoms with E-state index in [1.165, 1.54) is 54.0 Å². The number of benzene rings is 1. The molecule has 0 aliphatic carbocycles. The Balaban J connectivity index is 1.38. The van der Waals surface area contributed by atoms with Gasteiger partial charge in [0.25, 0.3) is 5.91 Å².